The number of nitrogens with zero attached hydrogens (tertiary/aromatic N) is 3. The molecule has 2 aromatic rings. The fourth-order valence-electron chi connectivity index (χ4n) is 3.09. The molecule has 4 nitrogen and oxygen atoms in total. The van der Waals surface area contributed by atoms with Gasteiger partial charge in [0.25, 0.3) is 0 Å². The van der Waals surface area contributed by atoms with Gasteiger partial charge in [-0.1, -0.05) is 35.9 Å². The molecule has 1 aliphatic heterocycles. The lowest BCUT2D eigenvalue weighted by atomic mass is 10.1. The Kier molecular flexibility index (Phi) is 5.25. The summed E-state index contributed by atoms with van der Waals surface area (Å²) in [6.07, 6.45) is 0.454. The highest BCUT2D eigenvalue weighted by molar-refractivity contribution is 6.32. The van der Waals surface area contributed by atoms with Gasteiger partial charge in [-0.2, -0.15) is 5.26 Å². The largest absolute Gasteiger partial charge is 0.368 e. The van der Waals surface area contributed by atoms with Crippen LogP contribution in [0.1, 0.15) is 16.7 Å². The lowest BCUT2D eigenvalue weighted by molar-refractivity contribution is -0.130. The SMILES string of the molecule is Cc1ccccc1CC(=O)N1CCN(c2ccc(C#N)c(Cl)c2)CC1. The summed E-state index contributed by atoms with van der Waals surface area (Å²) in [5.41, 5.74) is 3.72. The van der Waals surface area contributed by atoms with E-state index < -0.39 is 0 Å². The molecule has 0 saturated carbocycles. The Morgan fingerprint density at radius 1 is 1.16 bits per heavy atom. The van der Waals surface area contributed by atoms with Crippen LogP contribution < -0.4 is 4.90 Å². The minimum atomic E-state index is 0.173. The van der Waals surface area contributed by atoms with Crippen molar-refractivity contribution in [2.24, 2.45) is 0 Å². The Bertz CT molecular complexity index is 820. The zero-order valence-electron chi connectivity index (χ0n) is 14.2. The van der Waals surface area contributed by atoms with Crippen molar-refractivity contribution < 1.29 is 4.79 Å². The Balaban J connectivity index is 1.60. The van der Waals surface area contributed by atoms with Crippen LogP contribution in [0, 0.1) is 18.3 Å². The molecule has 5 heteroatoms. The monoisotopic (exact) mass is 353 g/mol. The number of aryl methyl sites for hydroxylation is 1. The number of hydrogen-bond donors (Lipinski definition) is 0. The van der Waals surface area contributed by atoms with Crippen molar-refractivity contribution in [3.8, 4) is 6.07 Å². The highest BCUT2D eigenvalue weighted by Crippen LogP contribution is 2.24. The number of carbonyl (C=O) groups is 1. The number of piperazine rings is 1. The van der Waals surface area contributed by atoms with E-state index in [1.165, 1.54) is 0 Å². The van der Waals surface area contributed by atoms with Crippen LogP contribution in [0.5, 0.6) is 0 Å². The zero-order valence-corrected chi connectivity index (χ0v) is 15.0. The maximum atomic E-state index is 12.6. The second-order valence-corrected chi connectivity index (χ2v) is 6.65. The van der Waals surface area contributed by atoms with E-state index in [1.807, 2.05) is 48.2 Å². The first-order valence-electron chi connectivity index (χ1n) is 8.35. The maximum absolute atomic E-state index is 12.6. The van der Waals surface area contributed by atoms with Gasteiger partial charge in [0.1, 0.15) is 6.07 Å². The molecule has 1 saturated heterocycles. The molecule has 1 amide bonds. The highest BCUT2D eigenvalue weighted by Gasteiger charge is 2.22. The summed E-state index contributed by atoms with van der Waals surface area (Å²) in [5.74, 6) is 0.173. The Morgan fingerprint density at radius 2 is 1.88 bits per heavy atom. The Hall–Kier alpha value is -2.51. The molecule has 0 aliphatic carbocycles. The van der Waals surface area contributed by atoms with E-state index in [2.05, 4.69) is 11.0 Å². The van der Waals surface area contributed by atoms with Gasteiger partial charge in [-0.15, -0.1) is 0 Å². The number of rotatable bonds is 3. The number of benzene rings is 2. The molecule has 3 rings (SSSR count). The molecule has 1 heterocycles. The second kappa shape index (κ2) is 7.58. The van der Waals surface area contributed by atoms with Gasteiger partial charge in [-0.3, -0.25) is 4.79 Å². The maximum Gasteiger partial charge on any atom is 0.227 e. The van der Waals surface area contributed by atoms with Gasteiger partial charge in [-0.25, -0.2) is 0 Å². The van der Waals surface area contributed by atoms with Crippen molar-refractivity contribution in [3.05, 3.63) is 64.2 Å². The Labute approximate surface area is 153 Å². The summed E-state index contributed by atoms with van der Waals surface area (Å²) in [5, 5.41) is 9.43. The molecule has 0 aromatic heterocycles. The summed E-state index contributed by atoms with van der Waals surface area (Å²) >= 11 is 6.12. The molecule has 1 aliphatic rings. The third-order valence-electron chi connectivity index (χ3n) is 4.67. The Morgan fingerprint density at radius 3 is 2.52 bits per heavy atom. The van der Waals surface area contributed by atoms with Gasteiger partial charge in [-0.05, 0) is 36.2 Å². The van der Waals surface area contributed by atoms with Crippen LogP contribution >= 0.6 is 11.6 Å². The number of hydrogen-bond acceptors (Lipinski definition) is 3. The summed E-state index contributed by atoms with van der Waals surface area (Å²) in [6.45, 7) is 4.96. The third-order valence-corrected chi connectivity index (χ3v) is 4.99. The van der Waals surface area contributed by atoms with Crippen LogP contribution in [-0.2, 0) is 11.2 Å². The minimum absolute atomic E-state index is 0.173. The number of anilines is 1. The van der Waals surface area contributed by atoms with Crippen molar-refractivity contribution in [3.63, 3.8) is 0 Å². The van der Waals surface area contributed by atoms with Crippen LogP contribution in [-0.4, -0.2) is 37.0 Å². The molecule has 0 bridgehead atoms. The molecular formula is C20H20ClN3O. The average molecular weight is 354 g/mol. The number of halogens is 1. The fourth-order valence-corrected chi connectivity index (χ4v) is 3.31. The van der Waals surface area contributed by atoms with Gasteiger partial charge in [0.05, 0.1) is 17.0 Å². The van der Waals surface area contributed by atoms with Gasteiger partial charge in [0.15, 0.2) is 0 Å². The first-order valence-corrected chi connectivity index (χ1v) is 8.73. The highest BCUT2D eigenvalue weighted by atomic mass is 35.5. The van der Waals surface area contributed by atoms with Crippen molar-refractivity contribution in [1.29, 1.82) is 5.26 Å². The van der Waals surface area contributed by atoms with Crippen LogP contribution in [0.25, 0.3) is 0 Å². The lowest BCUT2D eigenvalue weighted by Crippen LogP contribution is -2.49. The van der Waals surface area contributed by atoms with Gasteiger partial charge in [0.2, 0.25) is 5.91 Å². The van der Waals surface area contributed by atoms with Gasteiger partial charge >= 0.3 is 0 Å². The lowest BCUT2D eigenvalue weighted by Gasteiger charge is -2.36. The molecule has 0 atom stereocenters. The number of nitriles is 1. The molecular weight excluding hydrogens is 334 g/mol. The summed E-state index contributed by atoms with van der Waals surface area (Å²) in [7, 11) is 0. The molecule has 0 spiro atoms. The van der Waals surface area contributed by atoms with Crippen molar-refractivity contribution in [1.82, 2.24) is 4.90 Å². The van der Waals surface area contributed by atoms with E-state index in [0.29, 0.717) is 30.1 Å². The quantitative estimate of drug-likeness (QED) is 0.849. The molecule has 25 heavy (non-hydrogen) atoms. The zero-order chi connectivity index (χ0) is 17.8. The fraction of sp³-hybridized carbons (Fsp3) is 0.300. The normalized spacial score (nSPS) is 14.3. The van der Waals surface area contributed by atoms with Gasteiger partial charge in [0, 0.05) is 31.9 Å². The first-order chi connectivity index (χ1) is 12.1. The topological polar surface area (TPSA) is 47.3 Å². The minimum Gasteiger partial charge on any atom is -0.368 e. The predicted octanol–water partition coefficient (Wildman–Crippen LogP) is 3.41. The van der Waals surface area contributed by atoms with Crippen molar-refractivity contribution in [2.45, 2.75) is 13.3 Å². The van der Waals surface area contributed by atoms with Crippen LogP contribution in [0.2, 0.25) is 5.02 Å². The second-order valence-electron chi connectivity index (χ2n) is 6.25. The standard InChI is InChI=1S/C20H20ClN3O/c1-15-4-2-3-5-16(15)12-20(25)24-10-8-23(9-11-24)18-7-6-17(14-22)19(21)13-18/h2-7,13H,8-12H2,1H3. The van der Waals surface area contributed by atoms with E-state index in [4.69, 9.17) is 16.9 Å². The molecule has 1 fully saturated rings. The smallest absolute Gasteiger partial charge is 0.227 e. The number of amides is 1. The third kappa shape index (κ3) is 3.94. The summed E-state index contributed by atoms with van der Waals surface area (Å²) < 4.78 is 0. The van der Waals surface area contributed by atoms with Gasteiger partial charge < -0.3 is 9.80 Å². The van der Waals surface area contributed by atoms with Crippen molar-refractivity contribution >= 4 is 23.2 Å². The van der Waals surface area contributed by atoms with E-state index >= 15 is 0 Å². The molecule has 0 N–H and O–H groups in total. The van der Waals surface area contributed by atoms with E-state index in [0.717, 1.165) is 29.9 Å². The molecule has 2 aromatic carbocycles. The first kappa shape index (κ1) is 17.3. The summed E-state index contributed by atoms with van der Waals surface area (Å²) in [4.78, 5) is 16.7. The van der Waals surface area contributed by atoms with Crippen LogP contribution in [0.15, 0.2) is 42.5 Å². The van der Waals surface area contributed by atoms with E-state index in [9.17, 15) is 4.79 Å². The predicted molar refractivity (Wildman–Crippen MR) is 99.8 cm³/mol. The van der Waals surface area contributed by atoms with Crippen LogP contribution in [0.3, 0.4) is 0 Å². The average Bonchev–Trinajstić information content (AvgIpc) is 2.63. The van der Waals surface area contributed by atoms with E-state index in [-0.39, 0.29) is 5.91 Å². The van der Waals surface area contributed by atoms with Crippen LogP contribution in [0.4, 0.5) is 5.69 Å². The molecule has 128 valence electrons. The molecule has 0 unspecified atom stereocenters. The summed E-state index contributed by atoms with van der Waals surface area (Å²) in [6, 6.07) is 15.6. The van der Waals surface area contributed by atoms with Crippen molar-refractivity contribution in [2.75, 3.05) is 31.1 Å². The van der Waals surface area contributed by atoms with E-state index in [1.54, 1.807) is 6.07 Å². The molecule has 0 radical (unpaired) electrons. The number of carbonyl (C=O) groups excluding carboxylic acids is 1.